The summed E-state index contributed by atoms with van der Waals surface area (Å²) in [4.78, 5) is 20.6. The van der Waals surface area contributed by atoms with Gasteiger partial charge in [0.1, 0.15) is 17.4 Å². The molecule has 0 atom stereocenters. The first-order valence-corrected chi connectivity index (χ1v) is 10.3. The number of carbonyl (C=O) groups is 1. The highest BCUT2D eigenvalue weighted by atomic mass is 19.1. The Hall–Kier alpha value is -3.36. The van der Waals surface area contributed by atoms with Crippen molar-refractivity contribution in [2.24, 2.45) is 4.99 Å². The van der Waals surface area contributed by atoms with Gasteiger partial charge in [0, 0.05) is 50.9 Å². The Balaban J connectivity index is 1.52. The third-order valence-corrected chi connectivity index (χ3v) is 4.95. The first kappa shape index (κ1) is 22.3. The molecule has 9 heteroatoms. The molecule has 31 heavy (non-hydrogen) atoms. The zero-order chi connectivity index (χ0) is 22.2. The molecule has 0 saturated carbocycles. The van der Waals surface area contributed by atoms with Crippen molar-refractivity contribution in [3.63, 3.8) is 0 Å². The van der Waals surface area contributed by atoms with Crippen molar-refractivity contribution in [1.82, 2.24) is 15.5 Å². The number of guanidine groups is 1. The molecule has 0 radical (unpaired) electrons. The van der Waals surface area contributed by atoms with Crippen molar-refractivity contribution in [2.45, 2.75) is 6.92 Å². The van der Waals surface area contributed by atoms with Crippen molar-refractivity contribution < 1.29 is 18.7 Å². The van der Waals surface area contributed by atoms with Gasteiger partial charge < -0.3 is 25.5 Å². The number of piperazine rings is 1. The molecule has 2 aromatic rings. The number of phenols is 1. The fraction of sp³-hybridized carbons (Fsp3) is 0.364. The molecule has 3 rings (SSSR count). The molecule has 0 spiro atoms. The lowest BCUT2D eigenvalue weighted by Gasteiger charge is -2.37. The lowest BCUT2D eigenvalue weighted by molar-refractivity contribution is 0.0954. The largest absolute Gasteiger partial charge is 0.508 e. The van der Waals surface area contributed by atoms with Crippen molar-refractivity contribution >= 4 is 17.6 Å². The van der Waals surface area contributed by atoms with E-state index < -0.39 is 11.6 Å². The van der Waals surface area contributed by atoms with Gasteiger partial charge in [0.25, 0.3) is 5.91 Å². The molecule has 166 valence electrons. The lowest BCUT2D eigenvalue weighted by atomic mass is 10.2. The number of rotatable bonds is 6. The summed E-state index contributed by atoms with van der Waals surface area (Å²) in [7, 11) is 0. The van der Waals surface area contributed by atoms with Gasteiger partial charge >= 0.3 is 0 Å². The van der Waals surface area contributed by atoms with E-state index in [2.05, 4.69) is 20.5 Å². The maximum atomic E-state index is 14.0. The van der Waals surface area contributed by atoms with Crippen LogP contribution in [-0.2, 0) is 0 Å². The standard InChI is InChI=1S/C22H27F2N5O2/c1-2-25-22(27-10-9-26-21(31)16-3-6-18(30)7-4-16)29-13-11-28(12-14-29)20-15-17(23)5-8-19(20)24/h3-8,15,30H,2,9-14H2,1H3,(H,25,27)(H,26,31). The summed E-state index contributed by atoms with van der Waals surface area (Å²) in [6, 6.07) is 9.52. The molecule has 2 aromatic carbocycles. The van der Waals surface area contributed by atoms with Crippen LogP contribution in [0.5, 0.6) is 5.75 Å². The number of aromatic hydroxyl groups is 1. The van der Waals surface area contributed by atoms with Gasteiger partial charge in [-0.25, -0.2) is 8.78 Å². The number of phenolic OH excluding ortho intramolecular Hbond substituents is 1. The van der Waals surface area contributed by atoms with Crippen LogP contribution < -0.4 is 15.5 Å². The van der Waals surface area contributed by atoms with Crippen LogP contribution in [0.25, 0.3) is 0 Å². The Labute approximate surface area is 180 Å². The number of anilines is 1. The topological polar surface area (TPSA) is 80.2 Å². The lowest BCUT2D eigenvalue weighted by Crippen LogP contribution is -2.53. The third-order valence-electron chi connectivity index (χ3n) is 4.95. The van der Waals surface area contributed by atoms with Crippen molar-refractivity contribution in [3.8, 4) is 5.75 Å². The van der Waals surface area contributed by atoms with Gasteiger partial charge in [-0.15, -0.1) is 0 Å². The summed E-state index contributed by atoms with van der Waals surface area (Å²) in [5, 5.41) is 15.3. The van der Waals surface area contributed by atoms with Crippen LogP contribution in [0.1, 0.15) is 17.3 Å². The Morgan fingerprint density at radius 1 is 1.06 bits per heavy atom. The van der Waals surface area contributed by atoms with E-state index in [0.29, 0.717) is 51.4 Å². The fourth-order valence-electron chi connectivity index (χ4n) is 3.36. The average Bonchev–Trinajstić information content (AvgIpc) is 2.78. The molecule has 1 saturated heterocycles. The molecular weight excluding hydrogens is 404 g/mol. The second-order valence-electron chi connectivity index (χ2n) is 7.11. The van der Waals surface area contributed by atoms with E-state index in [1.54, 1.807) is 12.1 Å². The molecule has 1 heterocycles. The number of carbonyl (C=O) groups excluding carboxylic acids is 1. The first-order valence-electron chi connectivity index (χ1n) is 10.3. The molecule has 3 N–H and O–H groups in total. The number of amides is 1. The quantitative estimate of drug-likeness (QED) is 0.371. The van der Waals surface area contributed by atoms with Crippen LogP contribution in [0.3, 0.4) is 0 Å². The smallest absolute Gasteiger partial charge is 0.251 e. The molecule has 1 aliphatic rings. The summed E-state index contributed by atoms with van der Waals surface area (Å²) < 4.78 is 27.5. The fourth-order valence-corrected chi connectivity index (χ4v) is 3.36. The highest BCUT2D eigenvalue weighted by molar-refractivity contribution is 5.94. The predicted molar refractivity (Wildman–Crippen MR) is 117 cm³/mol. The molecular formula is C22H27F2N5O2. The highest BCUT2D eigenvalue weighted by Gasteiger charge is 2.22. The maximum Gasteiger partial charge on any atom is 0.251 e. The van der Waals surface area contributed by atoms with E-state index in [4.69, 9.17) is 0 Å². The van der Waals surface area contributed by atoms with Crippen molar-refractivity contribution in [3.05, 3.63) is 59.7 Å². The van der Waals surface area contributed by atoms with E-state index >= 15 is 0 Å². The molecule has 0 bridgehead atoms. The number of aliphatic imine (C=N–C) groups is 1. The SMILES string of the molecule is CCNC(=NCCNC(=O)c1ccc(O)cc1)N1CCN(c2cc(F)ccc2F)CC1. The number of hydrogen-bond donors (Lipinski definition) is 3. The summed E-state index contributed by atoms with van der Waals surface area (Å²) in [5.41, 5.74) is 0.743. The number of nitrogens with zero attached hydrogens (tertiary/aromatic N) is 3. The van der Waals surface area contributed by atoms with Crippen LogP contribution in [0.15, 0.2) is 47.5 Å². The highest BCUT2D eigenvalue weighted by Crippen LogP contribution is 2.22. The second-order valence-corrected chi connectivity index (χ2v) is 7.11. The number of halogens is 2. The summed E-state index contributed by atoms with van der Waals surface area (Å²) in [6.45, 7) is 5.74. The Morgan fingerprint density at radius 3 is 2.45 bits per heavy atom. The second kappa shape index (κ2) is 10.6. The molecule has 1 fully saturated rings. The summed E-state index contributed by atoms with van der Waals surface area (Å²) >= 11 is 0. The minimum absolute atomic E-state index is 0.108. The minimum Gasteiger partial charge on any atom is -0.508 e. The van der Waals surface area contributed by atoms with E-state index in [9.17, 15) is 18.7 Å². The zero-order valence-corrected chi connectivity index (χ0v) is 17.4. The van der Waals surface area contributed by atoms with Crippen molar-refractivity contribution in [2.75, 3.05) is 50.7 Å². The van der Waals surface area contributed by atoms with Gasteiger partial charge in [-0.3, -0.25) is 9.79 Å². The predicted octanol–water partition coefficient (Wildman–Crippen LogP) is 2.19. The molecule has 1 aliphatic heterocycles. The number of benzene rings is 2. The van der Waals surface area contributed by atoms with Gasteiger partial charge in [-0.1, -0.05) is 0 Å². The monoisotopic (exact) mass is 431 g/mol. The van der Waals surface area contributed by atoms with Crippen LogP contribution in [-0.4, -0.2) is 67.7 Å². The van der Waals surface area contributed by atoms with Crippen LogP contribution in [0, 0.1) is 11.6 Å². The van der Waals surface area contributed by atoms with Crippen LogP contribution in [0.2, 0.25) is 0 Å². The van der Waals surface area contributed by atoms with E-state index in [1.165, 1.54) is 18.2 Å². The minimum atomic E-state index is -0.455. The van der Waals surface area contributed by atoms with Gasteiger partial charge in [-0.2, -0.15) is 0 Å². The summed E-state index contributed by atoms with van der Waals surface area (Å²) in [5.74, 6) is -0.286. The van der Waals surface area contributed by atoms with E-state index in [-0.39, 0.29) is 17.3 Å². The number of nitrogens with one attached hydrogen (secondary N) is 2. The zero-order valence-electron chi connectivity index (χ0n) is 17.4. The molecule has 0 aliphatic carbocycles. The molecule has 0 unspecified atom stereocenters. The third kappa shape index (κ3) is 6.07. The van der Waals surface area contributed by atoms with Gasteiger partial charge in [0.15, 0.2) is 5.96 Å². The normalized spacial score (nSPS) is 14.5. The number of hydrogen-bond acceptors (Lipinski definition) is 4. The van der Waals surface area contributed by atoms with Crippen LogP contribution in [0.4, 0.5) is 14.5 Å². The molecule has 1 amide bonds. The summed E-state index contributed by atoms with van der Waals surface area (Å²) in [6.07, 6.45) is 0. The van der Waals surface area contributed by atoms with E-state index in [1.807, 2.05) is 11.8 Å². The van der Waals surface area contributed by atoms with Gasteiger partial charge in [0.05, 0.1) is 12.2 Å². The van der Waals surface area contributed by atoms with E-state index in [0.717, 1.165) is 18.1 Å². The average molecular weight is 431 g/mol. The maximum absolute atomic E-state index is 14.0. The Bertz CT molecular complexity index is 913. The van der Waals surface area contributed by atoms with Gasteiger partial charge in [-0.05, 0) is 43.3 Å². The molecule has 7 nitrogen and oxygen atoms in total. The van der Waals surface area contributed by atoms with Crippen molar-refractivity contribution in [1.29, 1.82) is 0 Å². The Morgan fingerprint density at radius 2 is 1.77 bits per heavy atom. The molecule has 0 aromatic heterocycles. The first-order chi connectivity index (χ1) is 15.0. The van der Waals surface area contributed by atoms with Gasteiger partial charge in [0.2, 0.25) is 0 Å². The van der Waals surface area contributed by atoms with Crippen LogP contribution >= 0.6 is 0 Å². The Kier molecular flexibility index (Phi) is 7.64.